The van der Waals surface area contributed by atoms with Crippen LogP contribution in [0.2, 0.25) is 0 Å². The number of nitrogens with two attached hydrogens (primary N) is 1. The Labute approximate surface area is 132 Å². The first-order valence-electron chi connectivity index (χ1n) is 7.98. The van der Waals surface area contributed by atoms with Crippen molar-refractivity contribution in [1.82, 2.24) is 15.1 Å². The Hall–Kier alpha value is -1.57. The van der Waals surface area contributed by atoms with Crippen LogP contribution in [0, 0.1) is 11.8 Å². The molecule has 0 saturated heterocycles. The number of rotatable bonds is 3. The quantitative estimate of drug-likeness (QED) is 0.889. The van der Waals surface area contributed by atoms with Gasteiger partial charge in [0.25, 0.3) is 0 Å². The summed E-state index contributed by atoms with van der Waals surface area (Å²) < 4.78 is 38.6. The van der Waals surface area contributed by atoms with E-state index in [4.69, 9.17) is 5.73 Å². The number of carbonyl (C=O) groups excluding carboxylic acids is 1. The van der Waals surface area contributed by atoms with Crippen molar-refractivity contribution in [1.29, 1.82) is 0 Å². The van der Waals surface area contributed by atoms with Gasteiger partial charge < -0.3 is 11.1 Å². The molecule has 2 bridgehead atoms. The number of fused-ring (bicyclic) bond motifs is 2. The molecule has 0 aromatic carbocycles. The molecule has 0 spiro atoms. The largest absolute Gasteiger partial charge is 0.435 e. The molecule has 8 heteroatoms. The van der Waals surface area contributed by atoms with E-state index in [1.807, 2.05) is 0 Å². The Bertz CT molecular complexity index is 557. The van der Waals surface area contributed by atoms with Gasteiger partial charge in [0, 0.05) is 18.3 Å². The van der Waals surface area contributed by atoms with Gasteiger partial charge in [-0.25, -0.2) is 0 Å². The Balaban J connectivity index is 1.60. The summed E-state index contributed by atoms with van der Waals surface area (Å²) in [7, 11) is 0. The van der Waals surface area contributed by atoms with Gasteiger partial charge in [0.15, 0.2) is 5.69 Å². The van der Waals surface area contributed by atoms with Gasteiger partial charge in [-0.15, -0.1) is 0 Å². The summed E-state index contributed by atoms with van der Waals surface area (Å²) in [4.78, 5) is 12.2. The standard InChI is InChI=1S/C15H21F3N4O/c16-15(17,18)12-4-5-22(21-12)8-13(23)20-14-9-2-1-3-10(14)7-11(19)6-9/h4-5,9-11,14H,1-3,6-8,19H2,(H,20,23). The first-order valence-corrected chi connectivity index (χ1v) is 7.98. The number of halogens is 3. The highest BCUT2D eigenvalue weighted by atomic mass is 19.4. The van der Waals surface area contributed by atoms with Gasteiger partial charge >= 0.3 is 6.18 Å². The molecule has 0 aliphatic heterocycles. The van der Waals surface area contributed by atoms with E-state index >= 15 is 0 Å². The van der Waals surface area contributed by atoms with Crippen LogP contribution >= 0.6 is 0 Å². The monoisotopic (exact) mass is 330 g/mol. The first kappa shape index (κ1) is 16.3. The zero-order valence-electron chi connectivity index (χ0n) is 12.7. The summed E-state index contributed by atoms with van der Waals surface area (Å²) in [6.07, 6.45) is 1.76. The van der Waals surface area contributed by atoms with Crippen LogP contribution in [0.25, 0.3) is 0 Å². The number of hydrogen-bond acceptors (Lipinski definition) is 3. The molecule has 23 heavy (non-hydrogen) atoms. The lowest BCUT2D eigenvalue weighted by Gasteiger charge is -2.45. The lowest BCUT2D eigenvalue weighted by Crippen LogP contribution is -2.54. The Morgan fingerprint density at radius 2 is 2.00 bits per heavy atom. The minimum atomic E-state index is -4.49. The number of nitrogens with one attached hydrogen (secondary N) is 1. The molecule has 2 atom stereocenters. The van der Waals surface area contributed by atoms with Crippen LogP contribution in [0.5, 0.6) is 0 Å². The average Bonchev–Trinajstić information content (AvgIpc) is 2.88. The second-order valence-electron chi connectivity index (χ2n) is 6.67. The highest BCUT2D eigenvalue weighted by molar-refractivity contribution is 5.76. The number of alkyl halides is 3. The van der Waals surface area contributed by atoms with Crippen molar-refractivity contribution in [2.75, 3.05) is 0 Å². The maximum atomic E-state index is 12.5. The van der Waals surface area contributed by atoms with Gasteiger partial charge in [0.2, 0.25) is 5.91 Å². The van der Waals surface area contributed by atoms with Crippen LogP contribution in [0.1, 0.15) is 37.8 Å². The van der Waals surface area contributed by atoms with Crippen molar-refractivity contribution in [3.63, 3.8) is 0 Å². The zero-order chi connectivity index (χ0) is 16.6. The molecule has 128 valence electrons. The second-order valence-corrected chi connectivity index (χ2v) is 6.67. The molecule has 0 radical (unpaired) electrons. The molecule has 2 saturated carbocycles. The fraction of sp³-hybridized carbons (Fsp3) is 0.733. The molecule has 3 rings (SSSR count). The normalized spacial score (nSPS) is 31.0. The highest BCUT2D eigenvalue weighted by Crippen LogP contribution is 2.39. The maximum absolute atomic E-state index is 12.5. The number of hydrogen-bond donors (Lipinski definition) is 2. The molecule has 1 heterocycles. The molecule has 2 unspecified atom stereocenters. The van der Waals surface area contributed by atoms with E-state index in [-0.39, 0.29) is 24.5 Å². The average molecular weight is 330 g/mol. The van der Waals surface area contributed by atoms with E-state index < -0.39 is 11.9 Å². The summed E-state index contributed by atoms with van der Waals surface area (Å²) in [5.74, 6) is 0.466. The van der Waals surface area contributed by atoms with E-state index in [9.17, 15) is 18.0 Å². The number of nitrogens with zero attached hydrogens (tertiary/aromatic N) is 2. The van der Waals surface area contributed by atoms with Crippen molar-refractivity contribution < 1.29 is 18.0 Å². The third kappa shape index (κ3) is 3.68. The summed E-state index contributed by atoms with van der Waals surface area (Å²) in [5, 5.41) is 6.41. The van der Waals surface area contributed by atoms with E-state index in [1.165, 1.54) is 6.20 Å². The molecule has 3 N–H and O–H groups in total. The molecule has 2 aliphatic rings. The molecule has 1 aromatic rings. The predicted octanol–water partition coefficient (Wildman–Crippen LogP) is 1.92. The molecule has 2 fully saturated rings. The van der Waals surface area contributed by atoms with Crippen LogP contribution in [0.4, 0.5) is 13.2 Å². The molecular weight excluding hydrogens is 309 g/mol. The van der Waals surface area contributed by atoms with Crippen molar-refractivity contribution in [3.8, 4) is 0 Å². The zero-order valence-corrected chi connectivity index (χ0v) is 12.7. The molecule has 5 nitrogen and oxygen atoms in total. The highest BCUT2D eigenvalue weighted by Gasteiger charge is 2.40. The minimum Gasteiger partial charge on any atom is -0.351 e. The number of amides is 1. The predicted molar refractivity (Wildman–Crippen MR) is 77.2 cm³/mol. The van der Waals surface area contributed by atoms with Crippen molar-refractivity contribution in [2.24, 2.45) is 17.6 Å². The van der Waals surface area contributed by atoms with E-state index in [0.29, 0.717) is 11.8 Å². The second kappa shape index (κ2) is 6.14. The van der Waals surface area contributed by atoms with Gasteiger partial charge in [-0.3, -0.25) is 9.48 Å². The summed E-state index contributed by atoms with van der Waals surface area (Å²) in [6.45, 7) is -0.196. The van der Waals surface area contributed by atoms with E-state index in [0.717, 1.165) is 42.9 Å². The Morgan fingerprint density at radius 1 is 1.35 bits per heavy atom. The summed E-state index contributed by atoms with van der Waals surface area (Å²) >= 11 is 0. The Kier molecular flexibility index (Phi) is 4.35. The molecule has 1 aromatic heterocycles. The van der Waals surface area contributed by atoms with Gasteiger partial charge in [-0.2, -0.15) is 18.3 Å². The van der Waals surface area contributed by atoms with Crippen molar-refractivity contribution in [3.05, 3.63) is 18.0 Å². The van der Waals surface area contributed by atoms with Crippen LogP contribution in [-0.4, -0.2) is 27.8 Å². The third-order valence-corrected chi connectivity index (χ3v) is 4.94. The van der Waals surface area contributed by atoms with Crippen molar-refractivity contribution >= 4 is 5.91 Å². The fourth-order valence-electron chi connectivity index (χ4n) is 4.00. The van der Waals surface area contributed by atoms with Crippen LogP contribution in [0.15, 0.2) is 12.3 Å². The molecule has 1 amide bonds. The van der Waals surface area contributed by atoms with Crippen LogP contribution in [0.3, 0.4) is 0 Å². The SMILES string of the molecule is NC1CC2CCCC(C1)C2NC(=O)Cn1ccc(C(F)(F)F)n1. The minimum absolute atomic E-state index is 0.0914. The molecular formula is C15H21F3N4O. The lowest BCUT2D eigenvalue weighted by atomic mass is 9.67. The van der Waals surface area contributed by atoms with Gasteiger partial charge in [0.1, 0.15) is 6.54 Å². The smallest absolute Gasteiger partial charge is 0.351 e. The summed E-state index contributed by atoms with van der Waals surface area (Å²) in [5.41, 5.74) is 5.07. The van der Waals surface area contributed by atoms with Crippen LogP contribution < -0.4 is 11.1 Å². The third-order valence-electron chi connectivity index (χ3n) is 4.94. The maximum Gasteiger partial charge on any atom is 0.435 e. The molecule has 2 aliphatic carbocycles. The number of carbonyl (C=O) groups is 1. The fourth-order valence-corrected chi connectivity index (χ4v) is 4.00. The van der Waals surface area contributed by atoms with Crippen molar-refractivity contribution in [2.45, 2.75) is 56.9 Å². The Morgan fingerprint density at radius 3 is 2.57 bits per heavy atom. The van der Waals surface area contributed by atoms with Gasteiger partial charge in [-0.05, 0) is 43.6 Å². The lowest BCUT2D eigenvalue weighted by molar-refractivity contribution is -0.141. The summed E-state index contributed by atoms with van der Waals surface area (Å²) in [6, 6.07) is 1.16. The first-order chi connectivity index (χ1) is 10.8. The number of aromatic nitrogens is 2. The van der Waals surface area contributed by atoms with Gasteiger partial charge in [-0.1, -0.05) is 6.42 Å². The van der Waals surface area contributed by atoms with E-state index in [1.54, 1.807) is 0 Å². The van der Waals surface area contributed by atoms with Gasteiger partial charge in [0.05, 0.1) is 0 Å². The van der Waals surface area contributed by atoms with E-state index in [2.05, 4.69) is 10.4 Å². The van der Waals surface area contributed by atoms with Crippen LogP contribution in [-0.2, 0) is 17.5 Å². The topological polar surface area (TPSA) is 72.9 Å².